The van der Waals surface area contributed by atoms with E-state index in [0.717, 1.165) is 16.6 Å². The van der Waals surface area contributed by atoms with E-state index in [0.29, 0.717) is 17.9 Å². The molecular formula is C18H22FN7O. The van der Waals surface area contributed by atoms with Crippen LogP contribution in [0.1, 0.15) is 11.3 Å². The van der Waals surface area contributed by atoms with E-state index in [1.54, 1.807) is 6.20 Å². The van der Waals surface area contributed by atoms with Crippen LogP contribution in [0.15, 0.2) is 41.3 Å². The Morgan fingerprint density at radius 3 is 2.81 bits per heavy atom. The Morgan fingerprint density at radius 2 is 2.11 bits per heavy atom. The lowest BCUT2D eigenvalue weighted by Crippen LogP contribution is -2.38. The fourth-order valence-electron chi connectivity index (χ4n) is 2.76. The number of hydrogen-bond donors (Lipinski definition) is 5. The Balaban J connectivity index is 1.63. The van der Waals surface area contributed by atoms with Gasteiger partial charge in [-0.15, -0.1) is 0 Å². The van der Waals surface area contributed by atoms with Crippen molar-refractivity contribution in [1.82, 2.24) is 25.2 Å². The van der Waals surface area contributed by atoms with Gasteiger partial charge in [-0.05, 0) is 30.7 Å². The molecule has 0 fully saturated rings. The zero-order chi connectivity index (χ0) is 19.4. The van der Waals surface area contributed by atoms with Crippen molar-refractivity contribution < 1.29 is 4.39 Å². The summed E-state index contributed by atoms with van der Waals surface area (Å²) in [4.78, 5) is 19.3. The number of nitrogens with zero attached hydrogens (tertiary/aromatic N) is 2. The number of nitrogens with one attached hydrogen (secondary N) is 4. The molecule has 0 aliphatic rings. The summed E-state index contributed by atoms with van der Waals surface area (Å²) >= 11 is 0. The number of alkyl halides is 1. The number of H-pyrrole nitrogens is 1. The minimum atomic E-state index is -1.14. The molecule has 142 valence electrons. The number of rotatable bonds is 7. The van der Waals surface area contributed by atoms with Gasteiger partial charge >= 0.3 is 5.69 Å². The summed E-state index contributed by atoms with van der Waals surface area (Å²) in [5.41, 5.74) is 7.97. The Hall–Kier alpha value is -3.20. The molecule has 0 saturated heterocycles. The van der Waals surface area contributed by atoms with Gasteiger partial charge in [0.25, 0.3) is 0 Å². The highest BCUT2D eigenvalue weighted by Crippen LogP contribution is 2.13. The summed E-state index contributed by atoms with van der Waals surface area (Å²) in [5, 5.41) is 13.3. The number of hydrogen-bond acceptors (Lipinski definition) is 4. The van der Waals surface area contributed by atoms with Gasteiger partial charge in [-0.2, -0.15) is 4.98 Å². The third kappa shape index (κ3) is 4.70. The molecule has 3 aromatic rings. The van der Waals surface area contributed by atoms with E-state index in [-0.39, 0.29) is 24.7 Å². The van der Waals surface area contributed by atoms with Crippen LogP contribution in [0, 0.1) is 12.3 Å². The number of fused-ring (bicyclic) bond motifs is 1. The smallest absolute Gasteiger partial charge is 0.354 e. The molecule has 0 unspecified atom stereocenters. The van der Waals surface area contributed by atoms with Crippen molar-refractivity contribution in [2.24, 2.45) is 5.73 Å². The molecule has 1 atom stereocenters. The molecule has 8 nitrogen and oxygen atoms in total. The molecule has 2 aromatic heterocycles. The van der Waals surface area contributed by atoms with Crippen molar-refractivity contribution in [2.75, 3.05) is 13.1 Å². The maximum absolute atomic E-state index is 13.6. The molecule has 0 saturated carbocycles. The number of halogens is 1. The first-order valence-electron chi connectivity index (χ1n) is 8.53. The van der Waals surface area contributed by atoms with Crippen molar-refractivity contribution in [2.45, 2.75) is 19.6 Å². The van der Waals surface area contributed by atoms with Gasteiger partial charge in [0.1, 0.15) is 11.8 Å². The zero-order valence-electron chi connectivity index (χ0n) is 14.9. The number of nitrogens with two attached hydrogens (primary N) is 1. The number of aryl methyl sites for hydroxylation is 1. The van der Waals surface area contributed by atoms with Gasteiger partial charge in [0, 0.05) is 30.4 Å². The van der Waals surface area contributed by atoms with E-state index < -0.39 is 6.17 Å². The first kappa shape index (κ1) is 18.6. The molecule has 6 N–H and O–H groups in total. The lowest BCUT2D eigenvalue weighted by molar-refractivity contribution is 0.317. The molecule has 1 aromatic carbocycles. The third-order valence-corrected chi connectivity index (χ3v) is 4.07. The lowest BCUT2D eigenvalue weighted by atomic mass is 10.2. The molecule has 0 amide bonds. The number of benzene rings is 1. The predicted molar refractivity (Wildman–Crippen MR) is 103 cm³/mol. The van der Waals surface area contributed by atoms with E-state index in [2.05, 4.69) is 20.6 Å². The van der Waals surface area contributed by atoms with Crippen LogP contribution in [0.2, 0.25) is 0 Å². The summed E-state index contributed by atoms with van der Waals surface area (Å²) in [5.74, 6) is -0.244. The monoisotopic (exact) mass is 371 g/mol. The van der Waals surface area contributed by atoms with Gasteiger partial charge < -0.3 is 21.4 Å². The third-order valence-electron chi connectivity index (χ3n) is 4.07. The van der Waals surface area contributed by atoms with Crippen molar-refractivity contribution in [3.63, 3.8) is 0 Å². The normalized spacial score (nSPS) is 12.2. The summed E-state index contributed by atoms with van der Waals surface area (Å²) in [7, 11) is 0. The van der Waals surface area contributed by atoms with Crippen LogP contribution in [0.25, 0.3) is 16.7 Å². The molecule has 3 rings (SSSR count). The SMILES string of the molecule is Cc1cc2cn(-c3ccc(CNC[C@@H](F)CNC(=N)N)cc3)c(=O)nc2[nH]1. The maximum Gasteiger partial charge on any atom is 0.354 e. The second-order valence-corrected chi connectivity index (χ2v) is 6.34. The van der Waals surface area contributed by atoms with Crippen LogP contribution >= 0.6 is 0 Å². The predicted octanol–water partition coefficient (Wildman–Crippen LogP) is 0.933. The highest BCUT2D eigenvalue weighted by atomic mass is 19.1. The molecule has 27 heavy (non-hydrogen) atoms. The number of guanidine groups is 1. The molecule has 0 aliphatic carbocycles. The quantitative estimate of drug-likeness (QED) is 0.312. The minimum Gasteiger partial charge on any atom is -0.370 e. The summed E-state index contributed by atoms with van der Waals surface area (Å²) in [6.45, 7) is 2.55. The highest BCUT2D eigenvalue weighted by molar-refractivity contribution is 5.75. The van der Waals surface area contributed by atoms with Crippen molar-refractivity contribution in [3.8, 4) is 5.69 Å². The van der Waals surface area contributed by atoms with Crippen molar-refractivity contribution in [1.29, 1.82) is 5.41 Å². The highest BCUT2D eigenvalue weighted by Gasteiger charge is 2.08. The Kier molecular flexibility index (Phi) is 5.51. The van der Waals surface area contributed by atoms with Crippen LogP contribution in [-0.4, -0.2) is 39.8 Å². The standard InChI is InChI=1S/C18H22FN7O/c1-11-6-13-10-26(18(27)25-16(13)24-11)15-4-2-12(3-5-15)7-22-8-14(19)9-23-17(20)21/h2-6,10,14,22H,7-9H2,1H3,(H4,20,21,23)(H,24,25,27)/t14-/m1/s1. The van der Waals surface area contributed by atoms with Crippen LogP contribution < -0.4 is 22.1 Å². The molecule has 9 heteroatoms. The average molecular weight is 371 g/mol. The first-order chi connectivity index (χ1) is 12.9. The molecule has 0 bridgehead atoms. The van der Waals surface area contributed by atoms with E-state index in [1.165, 1.54) is 4.57 Å². The second kappa shape index (κ2) is 8.00. The van der Waals surface area contributed by atoms with Crippen LogP contribution in [-0.2, 0) is 6.54 Å². The fraction of sp³-hybridized carbons (Fsp3) is 0.278. The van der Waals surface area contributed by atoms with Gasteiger partial charge in [0.15, 0.2) is 5.96 Å². The summed E-state index contributed by atoms with van der Waals surface area (Å²) in [6.07, 6.45) is 0.617. The lowest BCUT2D eigenvalue weighted by Gasteiger charge is -2.11. The fourth-order valence-corrected chi connectivity index (χ4v) is 2.76. The van der Waals surface area contributed by atoms with Crippen LogP contribution in [0.3, 0.4) is 0 Å². The summed E-state index contributed by atoms with van der Waals surface area (Å²) < 4.78 is 15.1. The zero-order valence-corrected chi connectivity index (χ0v) is 14.9. The van der Waals surface area contributed by atoms with Crippen LogP contribution in [0.4, 0.5) is 4.39 Å². The second-order valence-electron chi connectivity index (χ2n) is 6.34. The van der Waals surface area contributed by atoms with Gasteiger partial charge in [0.2, 0.25) is 0 Å². The molecule has 0 radical (unpaired) electrons. The topological polar surface area (TPSA) is 125 Å². The Labute approximate surface area is 155 Å². The number of aromatic amines is 1. The van der Waals surface area contributed by atoms with E-state index in [1.807, 2.05) is 37.3 Å². The van der Waals surface area contributed by atoms with Crippen LogP contribution in [0.5, 0.6) is 0 Å². The van der Waals surface area contributed by atoms with Gasteiger partial charge in [-0.3, -0.25) is 9.98 Å². The molecule has 0 spiro atoms. The summed E-state index contributed by atoms with van der Waals surface area (Å²) in [6, 6.07) is 9.35. The van der Waals surface area contributed by atoms with Gasteiger partial charge in [-0.25, -0.2) is 9.18 Å². The Morgan fingerprint density at radius 1 is 1.37 bits per heavy atom. The van der Waals surface area contributed by atoms with E-state index in [9.17, 15) is 9.18 Å². The molecule has 2 heterocycles. The molecule has 0 aliphatic heterocycles. The van der Waals surface area contributed by atoms with Crippen molar-refractivity contribution in [3.05, 3.63) is 58.3 Å². The van der Waals surface area contributed by atoms with E-state index in [4.69, 9.17) is 11.1 Å². The molecular weight excluding hydrogens is 349 g/mol. The number of aromatic nitrogens is 3. The average Bonchev–Trinajstić information content (AvgIpc) is 2.99. The minimum absolute atomic E-state index is 0.00169. The van der Waals surface area contributed by atoms with E-state index >= 15 is 0 Å². The largest absolute Gasteiger partial charge is 0.370 e. The van der Waals surface area contributed by atoms with Crippen molar-refractivity contribution >= 4 is 17.0 Å². The maximum atomic E-state index is 13.6. The Bertz CT molecular complexity index is 993. The van der Waals surface area contributed by atoms with Gasteiger partial charge in [0.05, 0.1) is 12.2 Å². The van der Waals surface area contributed by atoms with Gasteiger partial charge in [-0.1, -0.05) is 12.1 Å². The first-order valence-corrected chi connectivity index (χ1v) is 8.53.